The van der Waals surface area contributed by atoms with E-state index in [1.54, 1.807) is 18.2 Å². The molecule has 0 aromatic heterocycles. The molecular formula is C39H63N3O9. The Hall–Kier alpha value is -3.09. The maximum atomic E-state index is 12.9. The Morgan fingerprint density at radius 3 is 0.902 bits per heavy atom. The number of hydrogen-bond donors (Lipinski definition) is 3. The van der Waals surface area contributed by atoms with Crippen LogP contribution in [0.4, 0.5) is 0 Å². The van der Waals surface area contributed by atoms with Crippen molar-refractivity contribution in [2.75, 3.05) is 39.6 Å². The van der Waals surface area contributed by atoms with E-state index in [0.717, 1.165) is 0 Å². The molecule has 3 atom stereocenters. The lowest BCUT2D eigenvalue weighted by molar-refractivity contribution is -0.151. The molecule has 0 saturated carbocycles. The zero-order valence-corrected chi connectivity index (χ0v) is 33.0. The van der Waals surface area contributed by atoms with Gasteiger partial charge in [0.1, 0.15) is 56.9 Å². The van der Waals surface area contributed by atoms with Gasteiger partial charge in [-0.1, -0.05) is 0 Å². The number of carbonyl (C=O) groups excluding carboxylic acids is 3. The van der Waals surface area contributed by atoms with Crippen LogP contribution in [-0.2, 0) is 28.6 Å². The summed E-state index contributed by atoms with van der Waals surface area (Å²) < 4.78 is 34.7. The third-order valence-corrected chi connectivity index (χ3v) is 10.2. The fraction of sp³-hybridized carbons (Fsp3) is 0.769. The number of rotatable bonds is 15. The first-order valence-corrected chi connectivity index (χ1v) is 18.3. The Morgan fingerprint density at radius 1 is 0.471 bits per heavy atom. The van der Waals surface area contributed by atoms with Gasteiger partial charge in [-0.15, -0.1) is 0 Å². The molecule has 12 nitrogen and oxygen atoms in total. The summed E-state index contributed by atoms with van der Waals surface area (Å²) in [5.41, 5.74) is -1.57. The van der Waals surface area contributed by atoms with Gasteiger partial charge in [0, 0.05) is 51.4 Å². The lowest BCUT2D eigenvalue weighted by Crippen LogP contribution is -2.46. The lowest BCUT2D eigenvalue weighted by Gasteiger charge is -2.27. The first-order valence-electron chi connectivity index (χ1n) is 18.3. The summed E-state index contributed by atoms with van der Waals surface area (Å²) in [4.78, 5) is 38.8. The van der Waals surface area contributed by atoms with Crippen molar-refractivity contribution in [1.82, 2.24) is 16.0 Å². The predicted octanol–water partition coefficient (Wildman–Crippen LogP) is 4.95. The number of ether oxygens (including phenoxy) is 6. The second-order valence-corrected chi connectivity index (χ2v) is 18.1. The van der Waals surface area contributed by atoms with Gasteiger partial charge in [-0.05, 0) is 102 Å². The Bertz CT molecular complexity index is 1240. The molecule has 3 N–H and O–H groups in total. The van der Waals surface area contributed by atoms with Crippen LogP contribution < -0.4 is 30.2 Å². The van der Waals surface area contributed by atoms with Crippen LogP contribution in [0.25, 0.3) is 0 Å². The summed E-state index contributed by atoms with van der Waals surface area (Å²) in [7, 11) is 0. The summed E-state index contributed by atoms with van der Waals surface area (Å²) in [5.74, 6) is -0.240. The third-order valence-electron chi connectivity index (χ3n) is 10.2. The van der Waals surface area contributed by atoms with Crippen LogP contribution in [0, 0.1) is 17.8 Å². The van der Waals surface area contributed by atoms with Crippen molar-refractivity contribution in [3.05, 3.63) is 18.2 Å². The van der Waals surface area contributed by atoms with Gasteiger partial charge in [-0.3, -0.25) is 14.4 Å². The number of hydrogen-bond acceptors (Lipinski definition) is 12. The predicted molar refractivity (Wildman–Crippen MR) is 194 cm³/mol. The van der Waals surface area contributed by atoms with Crippen molar-refractivity contribution in [2.24, 2.45) is 17.8 Å². The molecule has 3 aliphatic heterocycles. The Kier molecular flexibility index (Phi) is 12.0. The van der Waals surface area contributed by atoms with Crippen molar-refractivity contribution < 1.29 is 42.8 Å². The van der Waals surface area contributed by atoms with E-state index in [1.165, 1.54) is 0 Å². The van der Waals surface area contributed by atoms with Crippen LogP contribution in [0.3, 0.4) is 0 Å². The Labute approximate surface area is 304 Å². The number of benzene rings is 1. The lowest BCUT2D eigenvalue weighted by atomic mass is 9.87. The minimum Gasteiger partial charge on any atom is -0.490 e. The molecule has 12 heteroatoms. The molecular weight excluding hydrogens is 654 g/mol. The highest BCUT2D eigenvalue weighted by Gasteiger charge is 2.50. The SMILES string of the molecule is CC1(C)CC(C(=O)OCCOc2cc(OCCOC(=O)C3CC(C)(C)NC3(C)C)cc(OCCOC(=O)C3CC(C)(C)NC3(C)C)c2)C(C)(C)N1. The molecule has 288 valence electrons. The molecule has 51 heavy (non-hydrogen) atoms. The fourth-order valence-corrected chi connectivity index (χ4v) is 8.46. The van der Waals surface area contributed by atoms with Gasteiger partial charge in [0.25, 0.3) is 0 Å². The fourth-order valence-electron chi connectivity index (χ4n) is 8.46. The van der Waals surface area contributed by atoms with E-state index >= 15 is 0 Å². The maximum Gasteiger partial charge on any atom is 0.310 e. The molecule has 3 heterocycles. The zero-order valence-electron chi connectivity index (χ0n) is 33.0. The zero-order chi connectivity index (χ0) is 38.0. The molecule has 3 saturated heterocycles. The molecule has 4 rings (SSSR count). The van der Waals surface area contributed by atoms with Crippen LogP contribution in [-0.4, -0.2) is 90.8 Å². The van der Waals surface area contributed by atoms with Gasteiger partial charge in [0.2, 0.25) is 0 Å². The molecule has 0 aliphatic carbocycles. The summed E-state index contributed by atoms with van der Waals surface area (Å²) in [6.45, 7) is 25.2. The second-order valence-electron chi connectivity index (χ2n) is 18.1. The second kappa shape index (κ2) is 15.1. The van der Waals surface area contributed by atoms with Crippen molar-refractivity contribution in [2.45, 2.75) is 136 Å². The monoisotopic (exact) mass is 717 g/mol. The Morgan fingerprint density at radius 2 is 0.706 bits per heavy atom. The maximum absolute atomic E-state index is 12.9. The van der Waals surface area contributed by atoms with Crippen molar-refractivity contribution >= 4 is 17.9 Å². The van der Waals surface area contributed by atoms with E-state index < -0.39 is 0 Å². The largest absolute Gasteiger partial charge is 0.490 e. The summed E-state index contributed by atoms with van der Waals surface area (Å²) in [6, 6.07) is 5.10. The van der Waals surface area contributed by atoms with Crippen LogP contribution in [0.15, 0.2) is 18.2 Å². The molecule has 0 spiro atoms. The molecule has 1 aromatic rings. The molecule has 3 fully saturated rings. The molecule has 0 amide bonds. The average molecular weight is 718 g/mol. The van der Waals surface area contributed by atoms with Gasteiger partial charge in [-0.2, -0.15) is 0 Å². The molecule has 1 aromatic carbocycles. The van der Waals surface area contributed by atoms with Gasteiger partial charge in [0.05, 0.1) is 17.8 Å². The van der Waals surface area contributed by atoms with E-state index in [1.807, 2.05) is 41.5 Å². The number of carbonyl (C=O) groups is 3. The van der Waals surface area contributed by atoms with Gasteiger partial charge in [0.15, 0.2) is 0 Å². The molecule has 3 unspecified atom stereocenters. The van der Waals surface area contributed by atoms with E-state index in [9.17, 15) is 14.4 Å². The average Bonchev–Trinajstić information content (AvgIpc) is 3.47. The van der Waals surface area contributed by atoms with E-state index in [0.29, 0.717) is 36.5 Å². The van der Waals surface area contributed by atoms with Crippen molar-refractivity contribution in [3.8, 4) is 17.2 Å². The first kappa shape index (κ1) is 40.7. The van der Waals surface area contributed by atoms with Crippen molar-refractivity contribution in [3.63, 3.8) is 0 Å². The first-order chi connectivity index (χ1) is 23.4. The highest BCUT2D eigenvalue weighted by Crippen LogP contribution is 2.38. The third kappa shape index (κ3) is 11.0. The van der Waals surface area contributed by atoms with Crippen LogP contribution in [0.1, 0.15) is 102 Å². The summed E-state index contributed by atoms with van der Waals surface area (Å²) >= 11 is 0. The van der Waals surface area contributed by atoms with Gasteiger partial charge >= 0.3 is 17.9 Å². The Balaban J connectivity index is 1.32. The van der Waals surface area contributed by atoms with Gasteiger partial charge in [-0.25, -0.2) is 0 Å². The van der Waals surface area contributed by atoms with Crippen LogP contribution >= 0.6 is 0 Å². The minimum atomic E-state index is -0.371. The van der Waals surface area contributed by atoms with E-state index in [4.69, 9.17) is 28.4 Å². The quantitative estimate of drug-likeness (QED) is 0.128. The summed E-state index contributed by atoms with van der Waals surface area (Å²) in [6.07, 6.45) is 2.06. The number of esters is 3. The molecule has 0 radical (unpaired) electrons. The highest BCUT2D eigenvalue weighted by atomic mass is 16.6. The highest BCUT2D eigenvalue weighted by molar-refractivity contribution is 5.76. The molecule has 0 bridgehead atoms. The topological polar surface area (TPSA) is 143 Å². The smallest absolute Gasteiger partial charge is 0.310 e. The van der Waals surface area contributed by atoms with E-state index in [-0.39, 0.29) is 109 Å². The van der Waals surface area contributed by atoms with Crippen LogP contribution in [0.5, 0.6) is 17.2 Å². The number of nitrogens with one attached hydrogen (secondary N) is 3. The minimum absolute atomic E-state index is 0.0748. The van der Waals surface area contributed by atoms with Crippen molar-refractivity contribution in [1.29, 1.82) is 0 Å². The normalized spacial score (nSPS) is 26.2. The van der Waals surface area contributed by atoms with E-state index in [2.05, 4.69) is 57.5 Å². The summed E-state index contributed by atoms with van der Waals surface area (Å²) in [5, 5.41) is 10.5. The molecule has 3 aliphatic rings. The standard InChI is InChI=1S/C39H63N3O9/c1-34(2)22-28(37(7,8)40-34)31(43)49-16-13-46-25-19-26(47-14-17-50-32(44)29-23-35(3,4)41-38(29,9)10)21-27(20-25)48-15-18-51-33(45)30-24-36(5,6)42-39(30,11)12/h19-21,28-30,40-42H,13-18,22-24H2,1-12H3. The van der Waals surface area contributed by atoms with Crippen LogP contribution in [0.2, 0.25) is 0 Å². The van der Waals surface area contributed by atoms with Gasteiger partial charge < -0.3 is 44.4 Å².